The molecule has 0 atom stereocenters. The molecule has 0 saturated heterocycles. The summed E-state index contributed by atoms with van der Waals surface area (Å²) in [6.45, 7) is 4.36. The number of hydrogen-bond donors (Lipinski definition) is 1. The molecule has 1 heterocycles. The summed E-state index contributed by atoms with van der Waals surface area (Å²) in [6.07, 6.45) is 0. The van der Waals surface area contributed by atoms with E-state index in [9.17, 15) is 4.79 Å². The first kappa shape index (κ1) is 21.5. The Morgan fingerprint density at radius 1 is 1.17 bits per heavy atom. The van der Waals surface area contributed by atoms with E-state index in [4.69, 9.17) is 27.9 Å². The van der Waals surface area contributed by atoms with Gasteiger partial charge in [-0.25, -0.2) is 0 Å². The second kappa shape index (κ2) is 9.52. The fourth-order valence-electron chi connectivity index (χ4n) is 2.57. The van der Waals surface area contributed by atoms with E-state index in [1.54, 1.807) is 18.2 Å². The Balaban J connectivity index is 1.56. The molecule has 0 radical (unpaired) electrons. The van der Waals surface area contributed by atoms with Crippen molar-refractivity contribution >= 4 is 46.6 Å². The molecule has 3 rings (SSSR count). The van der Waals surface area contributed by atoms with E-state index in [-0.39, 0.29) is 11.7 Å². The number of anilines is 1. The highest BCUT2D eigenvalue weighted by Gasteiger charge is 2.13. The lowest BCUT2D eigenvalue weighted by Gasteiger charge is -2.10. The first-order valence-electron chi connectivity index (χ1n) is 8.79. The molecule has 0 bridgehead atoms. The van der Waals surface area contributed by atoms with Crippen LogP contribution in [0.5, 0.6) is 5.75 Å². The first-order valence-corrected chi connectivity index (χ1v) is 10.5. The quantitative estimate of drug-likeness (QED) is 0.510. The number of aromatic nitrogens is 3. The number of halogens is 2. The molecule has 0 fully saturated rings. The van der Waals surface area contributed by atoms with E-state index in [1.807, 2.05) is 43.7 Å². The van der Waals surface area contributed by atoms with Crippen LogP contribution in [0.3, 0.4) is 0 Å². The largest absolute Gasteiger partial charge is 0.485 e. The third-order valence-electron chi connectivity index (χ3n) is 4.32. The van der Waals surface area contributed by atoms with Crippen LogP contribution in [0.2, 0.25) is 10.0 Å². The van der Waals surface area contributed by atoms with E-state index in [0.717, 1.165) is 11.3 Å². The SMILES string of the molecule is Cc1cccc(OCc2nnc(SCC(=O)Nc3cc(Cl)cc(Cl)c3)n2C)c1C. The van der Waals surface area contributed by atoms with Crippen LogP contribution in [0.4, 0.5) is 5.69 Å². The van der Waals surface area contributed by atoms with Crippen molar-refractivity contribution < 1.29 is 9.53 Å². The van der Waals surface area contributed by atoms with E-state index >= 15 is 0 Å². The molecule has 0 aliphatic rings. The topological polar surface area (TPSA) is 69.0 Å². The molecule has 1 amide bonds. The lowest BCUT2D eigenvalue weighted by atomic mass is 10.1. The van der Waals surface area contributed by atoms with Gasteiger partial charge in [-0.05, 0) is 49.2 Å². The lowest BCUT2D eigenvalue weighted by molar-refractivity contribution is -0.113. The number of nitrogens with one attached hydrogen (secondary N) is 1. The van der Waals surface area contributed by atoms with Crippen LogP contribution in [0, 0.1) is 13.8 Å². The number of thioether (sulfide) groups is 1. The van der Waals surface area contributed by atoms with Gasteiger partial charge in [0.25, 0.3) is 0 Å². The van der Waals surface area contributed by atoms with Crippen LogP contribution < -0.4 is 10.1 Å². The van der Waals surface area contributed by atoms with Crippen molar-refractivity contribution in [3.63, 3.8) is 0 Å². The number of ether oxygens (including phenoxy) is 1. The Bertz CT molecular complexity index is 1020. The summed E-state index contributed by atoms with van der Waals surface area (Å²) < 4.78 is 7.71. The highest BCUT2D eigenvalue weighted by atomic mass is 35.5. The molecule has 1 N–H and O–H groups in total. The maximum absolute atomic E-state index is 12.2. The van der Waals surface area contributed by atoms with Crippen LogP contribution in [-0.2, 0) is 18.4 Å². The monoisotopic (exact) mass is 450 g/mol. The first-order chi connectivity index (χ1) is 13.8. The number of aryl methyl sites for hydroxylation is 1. The summed E-state index contributed by atoms with van der Waals surface area (Å²) in [5, 5.41) is 12.6. The maximum Gasteiger partial charge on any atom is 0.234 e. The smallest absolute Gasteiger partial charge is 0.234 e. The number of amides is 1. The average molecular weight is 451 g/mol. The number of rotatable bonds is 7. The Morgan fingerprint density at radius 2 is 1.90 bits per heavy atom. The van der Waals surface area contributed by atoms with Crippen molar-refractivity contribution in [2.45, 2.75) is 25.6 Å². The van der Waals surface area contributed by atoms with Gasteiger partial charge in [0.1, 0.15) is 12.4 Å². The fraction of sp³-hybridized carbons (Fsp3) is 0.250. The van der Waals surface area contributed by atoms with Gasteiger partial charge in [0.15, 0.2) is 11.0 Å². The summed E-state index contributed by atoms with van der Waals surface area (Å²) in [7, 11) is 1.85. The predicted molar refractivity (Wildman–Crippen MR) is 117 cm³/mol. The average Bonchev–Trinajstić information content (AvgIpc) is 3.00. The Labute approximate surface area is 183 Å². The van der Waals surface area contributed by atoms with Crippen molar-refractivity contribution in [1.29, 1.82) is 0 Å². The molecule has 9 heteroatoms. The minimum absolute atomic E-state index is 0.175. The van der Waals surface area contributed by atoms with Crippen molar-refractivity contribution in [2.75, 3.05) is 11.1 Å². The second-order valence-electron chi connectivity index (χ2n) is 6.44. The van der Waals surface area contributed by atoms with E-state index < -0.39 is 0 Å². The zero-order chi connectivity index (χ0) is 21.0. The summed E-state index contributed by atoms with van der Waals surface area (Å²) in [5.41, 5.74) is 2.82. The Hall–Kier alpha value is -2.22. The summed E-state index contributed by atoms with van der Waals surface area (Å²) in [4.78, 5) is 12.2. The van der Waals surface area contributed by atoms with Crippen molar-refractivity contribution in [3.8, 4) is 5.75 Å². The standard InChI is InChI=1S/C20H20Cl2N4O2S/c1-12-5-4-6-17(13(12)2)28-10-18-24-25-20(26(18)3)29-11-19(27)23-16-8-14(21)7-15(22)9-16/h4-9H,10-11H2,1-3H3,(H,23,27). The number of carbonyl (C=O) groups excluding carboxylic acids is 1. The number of benzene rings is 2. The third-order valence-corrected chi connectivity index (χ3v) is 5.77. The zero-order valence-corrected chi connectivity index (χ0v) is 18.5. The van der Waals surface area contributed by atoms with Gasteiger partial charge in [-0.2, -0.15) is 0 Å². The molecular formula is C20H20Cl2N4O2S. The van der Waals surface area contributed by atoms with Gasteiger partial charge in [-0.1, -0.05) is 47.1 Å². The van der Waals surface area contributed by atoms with Crippen LogP contribution >= 0.6 is 35.0 Å². The van der Waals surface area contributed by atoms with Crippen molar-refractivity contribution in [3.05, 3.63) is 63.4 Å². The molecule has 0 spiro atoms. The van der Waals surface area contributed by atoms with Gasteiger partial charge in [0.05, 0.1) is 5.75 Å². The molecule has 0 saturated carbocycles. The number of carbonyl (C=O) groups is 1. The minimum Gasteiger partial charge on any atom is -0.485 e. The van der Waals surface area contributed by atoms with Crippen LogP contribution in [0.25, 0.3) is 0 Å². The highest BCUT2D eigenvalue weighted by Crippen LogP contribution is 2.24. The van der Waals surface area contributed by atoms with E-state index in [1.165, 1.54) is 17.3 Å². The van der Waals surface area contributed by atoms with Gasteiger partial charge >= 0.3 is 0 Å². The van der Waals surface area contributed by atoms with E-state index in [2.05, 4.69) is 15.5 Å². The normalized spacial score (nSPS) is 10.8. The zero-order valence-electron chi connectivity index (χ0n) is 16.2. The molecule has 0 aliphatic heterocycles. The van der Waals surface area contributed by atoms with Crippen LogP contribution in [-0.4, -0.2) is 26.4 Å². The second-order valence-corrected chi connectivity index (χ2v) is 8.25. The molecule has 152 valence electrons. The summed E-state index contributed by atoms with van der Waals surface area (Å²) in [5.74, 6) is 1.48. The van der Waals surface area contributed by atoms with Crippen molar-refractivity contribution in [1.82, 2.24) is 14.8 Å². The molecule has 1 aromatic heterocycles. The molecule has 0 unspecified atom stereocenters. The number of nitrogens with zero attached hydrogens (tertiary/aromatic N) is 3. The van der Waals surface area contributed by atoms with Gasteiger partial charge in [-0.15, -0.1) is 10.2 Å². The molecule has 3 aromatic rings. The molecule has 29 heavy (non-hydrogen) atoms. The molecule has 0 aliphatic carbocycles. The van der Waals surface area contributed by atoms with E-state index in [0.29, 0.717) is 33.3 Å². The Morgan fingerprint density at radius 3 is 2.62 bits per heavy atom. The molecule has 6 nitrogen and oxygen atoms in total. The van der Waals surface area contributed by atoms with Gasteiger partial charge in [-0.3, -0.25) is 4.79 Å². The summed E-state index contributed by atoms with van der Waals surface area (Å²) >= 11 is 13.2. The third kappa shape index (κ3) is 5.65. The predicted octanol–water partition coefficient (Wildman–Crippen LogP) is 5.05. The van der Waals surface area contributed by atoms with Gasteiger partial charge in [0, 0.05) is 22.8 Å². The van der Waals surface area contributed by atoms with Gasteiger partial charge in [0.2, 0.25) is 5.91 Å². The Kier molecular flexibility index (Phi) is 7.05. The van der Waals surface area contributed by atoms with Gasteiger partial charge < -0.3 is 14.6 Å². The summed E-state index contributed by atoms with van der Waals surface area (Å²) in [6, 6.07) is 10.8. The molecule has 2 aromatic carbocycles. The highest BCUT2D eigenvalue weighted by molar-refractivity contribution is 7.99. The minimum atomic E-state index is -0.190. The number of hydrogen-bond acceptors (Lipinski definition) is 5. The fourth-order valence-corrected chi connectivity index (χ4v) is 3.83. The molecular weight excluding hydrogens is 431 g/mol. The van der Waals surface area contributed by atoms with Crippen molar-refractivity contribution in [2.24, 2.45) is 7.05 Å². The maximum atomic E-state index is 12.2. The lowest BCUT2D eigenvalue weighted by Crippen LogP contribution is -2.14. The van der Waals surface area contributed by atoms with Crippen LogP contribution in [0.15, 0.2) is 41.6 Å². The van der Waals surface area contributed by atoms with Crippen LogP contribution in [0.1, 0.15) is 17.0 Å².